The van der Waals surface area contributed by atoms with Gasteiger partial charge in [0.1, 0.15) is 11.9 Å². The molecule has 2 aromatic rings. The molecule has 0 amide bonds. The molecule has 2 aliphatic rings. The van der Waals surface area contributed by atoms with Crippen molar-refractivity contribution in [3.05, 3.63) is 34.1 Å². The minimum Gasteiger partial charge on any atom is -0.408 e. The van der Waals surface area contributed by atoms with Crippen LogP contribution in [0.4, 0.5) is 4.39 Å². The van der Waals surface area contributed by atoms with Gasteiger partial charge in [0.15, 0.2) is 5.58 Å². The van der Waals surface area contributed by atoms with Crippen LogP contribution in [-0.2, 0) is 9.47 Å². The molecule has 9 heteroatoms. The van der Waals surface area contributed by atoms with E-state index in [0.717, 1.165) is 57.7 Å². The Bertz CT molecular complexity index is 1010. The molecular formula is C23H31ClFN3O4. The summed E-state index contributed by atoms with van der Waals surface area (Å²) in [6.45, 7) is 5.39. The Kier molecular flexibility index (Phi) is 7.99. The summed E-state index contributed by atoms with van der Waals surface area (Å²) in [5.41, 5.74) is 0.771. The first-order valence-corrected chi connectivity index (χ1v) is 11.1. The summed E-state index contributed by atoms with van der Waals surface area (Å²) in [4.78, 5) is 15.0. The van der Waals surface area contributed by atoms with E-state index in [2.05, 4.69) is 11.8 Å². The molecular weight excluding hydrogens is 437 g/mol. The van der Waals surface area contributed by atoms with E-state index in [1.165, 1.54) is 6.07 Å². The maximum atomic E-state index is 13.9. The topological polar surface area (TPSA) is 80.6 Å². The third kappa shape index (κ3) is 4.86. The fraction of sp³-hybridized carbons (Fsp3) is 0.652. The Hall–Kier alpha value is -1.92. The summed E-state index contributed by atoms with van der Waals surface area (Å²) in [5.74, 6) is -1.15. The second-order valence-electron chi connectivity index (χ2n) is 8.93. The third-order valence-electron chi connectivity index (χ3n) is 7.07. The number of hydrogen-bond acceptors (Lipinski definition) is 6. The van der Waals surface area contributed by atoms with Gasteiger partial charge in [0.2, 0.25) is 0 Å². The van der Waals surface area contributed by atoms with Crippen LogP contribution in [-0.4, -0.2) is 54.5 Å². The van der Waals surface area contributed by atoms with Crippen molar-refractivity contribution < 1.29 is 18.3 Å². The van der Waals surface area contributed by atoms with Gasteiger partial charge in [0.05, 0.1) is 30.4 Å². The molecule has 2 heterocycles. The van der Waals surface area contributed by atoms with Crippen LogP contribution in [0.2, 0.25) is 0 Å². The number of hydrogen-bond donors (Lipinski definition) is 0. The summed E-state index contributed by atoms with van der Waals surface area (Å²) < 4.78 is 31.8. The van der Waals surface area contributed by atoms with E-state index in [-0.39, 0.29) is 35.1 Å². The maximum Gasteiger partial charge on any atom is 0.420 e. The second kappa shape index (κ2) is 10.3. The van der Waals surface area contributed by atoms with E-state index in [9.17, 15) is 9.18 Å². The van der Waals surface area contributed by atoms with Crippen molar-refractivity contribution in [3.63, 3.8) is 0 Å². The standard InChI is InChI=1S/C23H30FN3O4.ClH/c1-23(7-3-18(4-8-23)30-12-11-29-2)26-9-5-17(6-10-26)27-20-13-16(15-25)19(24)14-21(20)31-22(27)28;/h13-14,17-18H,3-12H2,1-2H3;1H. The number of halogens is 2. The van der Waals surface area contributed by atoms with Gasteiger partial charge in [-0.15, -0.1) is 12.4 Å². The number of likely N-dealkylation sites (tertiary alicyclic amines) is 1. The van der Waals surface area contributed by atoms with Gasteiger partial charge in [-0.05, 0) is 51.5 Å². The Morgan fingerprint density at radius 3 is 2.53 bits per heavy atom. The van der Waals surface area contributed by atoms with E-state index in [1.54, 1.807) is 11.7 Å². The SMILES string of the molecule is COCCOC1CCC(C)(N2CCC(n3c(=O)oc4cc(F)c(C#N)cc43)CC2)CC1.Cl. The first kappa shape index (κ1) is 24.7. The lowest BCUT2D eigenvalue weighted by Gasteiger charge is -2.48. The van der Waals surface area contributed by atoms with E-state index in [0.29, 0.717) is 24.8 Å². The van der Waals surface area contributed by atoms with Crippen LogP contribution in [0, 0.1) is 17.1 Å². The van der Waals surface area contributed by atoms with Gasteiger partial charge in [-0.25, -0.2) is 9.18 Å². The molecule has 0 N–H and O–H groups in total. The van der Waals surface area contributed by atoms with Gasteiger partial charge in [0, 0.05) is 37.8 Å². The molecule has 1 saturated carbocycles. The molecule has 0 radical (unpaired) electrons. The zero-order chi connectivity index (χ0) is 22.0. The lowest BCUT2D eigenvalue weighted by molar-refractivity contribution is -0.0419. The van der Waals surface area contributed by atoms with Crippen molar-refractivity contribution >= 4 is 23.5 Å². The number of nitriles is 1. The van der Waals surface area contributed by atoms with Gasteiger partial charge < -0.3 is 13.9 Å². The number of methoxy groups -OCH3 is 1. The number of ether oxygens (including phenoxy) is 2. The Morgan fingerprint density at radius 1 is 1.22 bits per heavy atom. The van der Waals surface area contributed by atoms with Gasteiger partial charge >= 0.3 is 5.76 Å². The molecule has 4 rings (SSSR count). The number of piperidine rings is 1. The minimum absolute atomic E-state index is 0. The fourth-order valence-electron chi connectivity index (χ4n) is 5.14. The molecule has 7 nitrogen and oxygen atoms in total. The van der Waals surface area contributed by atoms with Crippen molar-refractivity contribution in [2.24, 2.45) is 0 Å². The zero-order valence-corrected chi connectivity index (χ0v) is 19.5. The number of oxazole rings is 1. The van der Waals surface area contributed by atoms with Crippen molar-refractivity contribution in [2.75, 3.05) is 33.4 Å². The summed E-state index contributed by atoms with van der Waals surface area (Å²) in [6, 6.07) is 4.39. The zero-order valence-electron chi connectivity index (χ0n) is 18.6. The number of fused-ring (bicyclic) bond motifs is 1. The molecule has 1 aliphatic carbocycles. The van der Waals surface area contributed by atoms with Crippen molar-refractivity contribution in [3.8, 4) is 6.07 Å². The summed E-state index contributed by atoms with van der Waals surface area (Å²) in [5, 5.41) is 9.14. The van der Waals surface area contributed by atoms with E-state index in [4.69, 9.17) is 19.2 Å². The largest absolute Gasteiger partial charge is 0.420 e. The lowest BCUT2D eigenvalue weighted by atomic mass is 9.79. The van der Waals surface area contributed by atoms with E-state index < -0.39 is 11.6 Å². The predicted octanol–water partition coefficient (Wildman–Crippen LogP) is 4.03. The normalized spacial score (nSPS) is 24.9. The van der Waals surface area contributed by atoms with Gasteiger partial charge in [-0.3, -0.25) is 9.47 Å². The molecule has 0 atom stereocenters. The molecule has 0 bridgehead atoms. The van der Waals surface area contributed by atoms with Crippen LogP contribution in [0.5, 0.6) is 0 Å². The first-order valence-electron chi connectivity index (χ1n) is 11.1. The molecule has 0 spiro atoms. The summed E-state index contributed by atoms with van der Waals surface area (Å²) in [6.07, 6.45) is 6.23. The monoisotopic (exact) mass is 467 g/mol. The van der Waals surface area contributed by atoms with Gasteiger partial charge in [0.25, 0.3) is 0 Å². The highest BCUT2D eigenvalue weighted by molar-refractivity contribution is 5.85. The van der Waals surface area contributed by atoms with Crippen LogP contribution in [0.15, 0.2) is 21.3 Å². The highest BCUT2D eigenvalue weighted by Gasteiger charge is 2.38. The van der Waals surface area contributed by atoms with Crippen molar-refractivity contribution in [1.82, 2.24) is 9.47 Å². The molecule has 1 aromatic carbocycles. The molecule has 1 saturated heterocycles. The highest BCUT2D eigenvalue weighted by atomic mass is 35.5. The van der Waals surface area contributed by atoms with E-state index in [1.807, 2.05) is 6.07 Å². The lowest BCUT2D eigenvalue weighted by Crippen LogP contribution is -2.53. The molecule has 1 aromatic heterocycles. The predicted molar refractivity (Wildman–Crippen MR) is 121 cm³/mol. The smallest absolute Gasteiger partial charge is 0.408 e. The van der Waals surface area contributed by atoms with Gasteiger partial charge in [-0.1, -0.05) is 0 Å². The third-order valence-corrected chi connectivity index (χ3v) is 7.07. The fourth-order valence-corrected chi connectivity index (χ4v) is 5.14. The van der Waals surface area contributed by atoms with Crippen LogP contribution < -0.4 is 5.76 Å². The van der Waals surface area contributed by atoms with Crippen LogP contribution in [0.3, 0.4) is 0 Å². The number of rotatable bonds is 6. The Balaban J connectivity index is 0.00000289. The van der Waals surface area contributed by atoms with Crippen molar-refractivity contribution in [1.29, 1.82) is 5.26 Å². The van der Waals surface area contributed by atoms with Crippen LogP contribution in [0.1, 0.15) is 57.1 Å². The molecule has 1 aliphatic heterocycles. The highest BCUT2D eigenvalue weighted by Crippen LogP contribution is 2.38. The number of benzene rings is 1. The average molecular weight is 468 g/mol. The molecule has 0 unspecified atom stereocenters. The molecule has 32 heavy (non-hydrogen) atoms. The average Bonchev–Trinajstić information content (AvgIpc) is 3.09. The molecule has 176 valence electrons. The number of aromatic nitrogens is 1. The quantitative estimate of drug-likeness (QED) is 0.597. The van der Waals surface area contributed by atoms with Gasteiger partial charge in [-0.2, -0.15) is 5.26 Å². The molecule has 2 fully saturated rings. The van der Waals surface area contributed by atoms with E-state index >= 15 is 0 Å². The Labute approximate surface area is 193 Å². The second-order valence-corrected chi connectivity index (χ2v) is 8.93. The minimum atomic E-state index is -0.666. The Morgan fingerprint density at radius 2 is 1.91 bits per heavy atom. The van der Waals surface area contributed by atoms with Crippen molar-refractivity contribution in [2.45, 2.75) is 63.1 Å². The summed E-state index contributed by atoms with van der Waals surface area (Å²) >= 11 is 0. The first-order chi connectivity index (χ1) is 14.9. The van der Waals surface area contributed by atoms with Crippen LogP contribution in [0.25, 0.3) is 11.1 Å². The summed E-state index contributed by atoms with van der Waals surface area (Å²) in [7, 11) is 1.69. The van der Waals surface area contributed by atoms with Crippen LogP contribution >= 0.6 is 12.4 Å². The number of nitrogens with zero attached hydrogens (tertiary/aromatic N) is 3. The maximum absolute atomic E-state index is 13.9.